The van der Waals surface area contributed by atoms with Gasteiger partial charge >= 0.3 is 13.7 Å². The molecule has 42 heavy (non-hydrogen) atoms. The Balaban J connectivity index is 1.34. The van der Waals surface area contributed by atoms with Crippen LogP contribution in [0.2, 0.25) is 0 Å². The standard InChI is InChI=1S/C27H33N6O8P/c1-17(26(36)39-18-8-4-2-5-9-18)32-42(37,41-19-10-6-3-7-11-19)38-14-21-23(34)24(35)27(15-28,40-21)22-13-12-20-25(29)30-16-31-33(20)22/h3,6-7,10-13,16-18,21,23-24,34-35H,2,4-5,8-9,14H2,1H3,(H,32,37)(H2,29,30,31)/t17-,21?,23+,24+,27-,42?/m0/s1. The summed E-state index contributed by atoms with van der Waals surface area (Å²) in [6.45, 7) is 0.899. The van der Waals surface area contributed by atoms with Gasteiger partial charge in [-0.15, -0.1) is 0 Å². The highest BCUT2D eigenvalue weighted by Crippen LogP contribution is 2.47. The number of nitriles is 1. The Morgan fingerprint density at radius 3 is 2.71 bits per heavy atom. The lowest BCUT2D eigenvalue weighted by Gasteiger charge is -2.27. The van der Waals surface area contributed by atoms with Crippen LogP contribution in [0.25, 0.3) is 5.52 Å². The van der Waals surface area contributed by atoms with Crippen molar-refractivity contribution in [3.63, 3.8) is 0 Å². The van der Waals surface area contributed by atoms with Crippen LogP contribution in [0, 0.1) is 11.3 Å². The summed E-state index contributed by atoms with van der Waals surface area (Å²) in [6, 6.07) is 12.1. The summed E-state index contributed by atoms with van der Waals surface area (Å²) < 4.78 is 38.1. The van der Waals surface area contributed by atoms with E-state index in [4.69, 9.17) is 24.3 Å². The van der Waals surface area contributed by atoms with Gasteiger partial charge in [-0.2, -0.15) is 15.4 Å². The van der Waals surface area contributed by atoms with Crippen molar-refractivity contribution in [1.82, 2.24) is 19.7 Å². The largest absolute Gasteiger partial charge is 0.461 e. The van der Waals surface area contributed by atoms with Gasteiger partial charge in [0.15, 0.2) is 5.82 Å². The lowest BCUT2D eigenvalue weighted by atomic mass is 9.92. The minimum Gasteiger partial charge on any atom is -0.461 e. The summed E-state index contributed by atoms with van der Waals surface area (Å²) in [6.07, 6.45) is 0.835. The van der Waals surface area contributed by atoms with Gasteiger partial charge < -0.3 is 29.9 Å². The number of anilines is 1. The number of rotatable bonds is 10. The number of nitrogens with one attached hydrogen (secondary N) is 1. The number of carbonyl (C=O) groups excluding carboxylic acids is 1. The molecular weight excluding hydrogens is 567 g/mol. The summed E-state index contributed by atoms with van der Waals surface area (Å²) in [5.41, 5.74) is 4.30. The molecule has 1 aliphatic heterocycles. The number of nitrogens with two attached hydrogens (primary N) is 1. The van der Waals surface area contributed by atoms with Gasteiger partial charge in [-0.1, -0.05) is 24.6 Å². The predicted octanol–water partition coefficient (Wildman–Crippen LogP) is 2.21. The number of para-hydroxylation sites is 1. The summed E-state index contributed by atoms with van der Waals surface area (Å²) in [5.74, 6) is -0.282. The van der Waals surface area contributed by atoms with Crippen molar-refractivity contribution >= 4 is 25.1 Å². The number of aromatic nitrogens is 3. The lowest BCUT2D eigenvalue weighted by Crippen LogP contribution is -2.41. The third-order valence-corrected chi connectivity index (χ3v) is 9.05. The van der Waals surface area contributed by atoms with Gasteiger partial charge in [0, 0.05) is 0 Å². The maximum Gasteiger partial charge on any atom is 0.459 e. The highest BCUT2D eigenvalue weighted by Gasteiger charge is 2.58. The Morgan fingerprint density at radius 1 is 1.26 bits per heavy atom. The fraction of sp³-hybridized carbons (Fsp3) is 0.481. The molecule has 5 N–H and O–H groups in total. The monoisotopic (exact) mass is 600 g/mol. The molecule has 2 aromatic heterocycles. The molecule has 1 aromatic carbocycles. The van der Waals surface area contributed by atoms with Crippen LogP contribution in [-0.4, -0.2) is 67.8 Å². The average Bonchev–Trinajstić information content (AvgIpc) is 3.53. The van der Waals surface area contributed by atoms with Crippen LogP contribution in [0.4, 0.5) is 5.82 Å². The number of benzene rings is 1. The van der Waals surface area contributed by atoms with Gasteiger partial charge in [-0.05, 0) is 56.9 Å². The minimum atomic E-state index is -4.31. The molecule has 0 radical (unpaired) electrons. The highest BCUT2D eigenvalue weighted by molar-refractivity contribution is 7.52. The third kappa shape index (κ3) is 5.98. The summed E-state index contributed by atoms with van der Waals surface area (Å²) >= 11 is 0. The Labute approximate surface area is 241 Å². The van der Waals surface area contributed by atoms with E-state index in [1.54, 1.807) is 36.4 Å². The van der Waals surface area contributed by atoms with Crippen molar-refractivity contribution < 1.29 is 38.1 Å². The zero-order chi connectivity index (χ0) is 29.9. The number of aliphatic hydroxyl groups excluding tert-OH is 2. The van der Waals surface area contributed by atoms with E-state index in [-0.39, 0.29) is 23.4 Å². The Morgan fingerprint density at radius 2 is 2.00 bits per heavy atom. The molecule has 3 heterocycles. The summed E-state index contributed by atoms with van der Waals surface area (Å²) in [4.78, 5) is 16.7. The molecule has 2 fully saturated rings. The van der Waals surface area contributed by atoms with E-state index >= 15 is 0 Å². The van der Waals surface area contributed by atoms with E-state index in [0.717, 1.165) is 32.1 Å². The van der Waals surface area contributed by atoms with Crippen molar-refractivity contribution in [3.8, 4) is 11.8 Å². The van der Waals surface area contributed by atoms with Gasteiger partial charge in [0.2, 0.25) is 5.60 Å². The van der Waals surface area contributed by atoms with Gasteiger partial charge in [0.25, 0.3) is 0 Å². The van der Waals surface area contributed by atoms with Crippen LogP contribution < -0.4 is 15.3 Å². The van der Waals surface area contributed by atoms with E-state index in [2.05, 4.69) is 15.2 Å². The number of esters is 1. The van der Waals surface area contributed by atoms with Gasteiger partial charge in [0.05, 0.1) is 12.3 Å². The zero-order valence-electron chi connectivity index (χ0n) is 22.9. The molecule has 0 spiro atoms. The first-order valence-corrected chi connectivity index (χ1v) is 15.2. The molecule has 6 atom stereocenters. The molecule has 15 heteroatoms. The lowest BCUT2D eigenvalue weighted by molar-refractivity contribution is -0.152. The predicted molar refractivity (Wildman–Crippen MR) is 148 cm³/mol. The van der Waals surface area contributed by atoms with Crippen molar-refractivity contribution in [2.75, 3.05) is 12.3 Å². The molecule has 1 saturated carbocycles. The molecule has 224 valence electrons. The Hall–Kier alpha value is -3.57. The van der Waals surface area contributed by atoms with Crippen LogP contribution in [0.1, 0.15) is 44.7 Å². The summed E-state index contributed by atoms with van der Waals surface area (Å²) in [7, 11) is -4.31. The average molecular weight is 601 g/mol. The van der Waals surface area contributed by atoms with Crippen LogP contribution in [0.3, 0.4) is 0 Å². The molecule has 2 unspecified atom stereocenters. The molecule has 1 aliphatic carbocycles. The first kappa shape index (κ1) is 29.9. The van der Waals surface area contributed by atoms with Crippen LogP contribution in [0.5, 0.6) is 5.75 Å². The van der Waals surface area contributed by atoms with Crippen molar-refractivity contribution in [3.05, 3.63) is 54.5 Å². The van der Waals surface area contributed by atoms with Gasteiger partial charge in [-0.25, -0.2) is 14.1 Å². The van der Waals surface area contributed by atoms with E-state index in [0.29, 0.717) is 5.52 Å². The molecular formula is C27H33N6O8P. The summed E-state index contributed by atoms with van der Waals surface area (Å²) in [5, 5.41) is 38.7. The van der Waals surface area contributed by atoms with Crippen LogP contribution in [-0.2, 0) is 29.0 Å². The molecule has 2 aliphatic rings. The molecule has 0 bridgehead atoms. The minimum absolute atomic E-state index is 0.101. The molecule has 0 amide bonds. The number of hydrogen-bond donors (Lipinski definition) is 4. The second-order valence-electron chi connectivity index (χ2n) is 10.3. The molecule has 1 saturated heterocycles. The maximum absolute atomic E-state index is 13.9. The van der Waals surface area contributed by atoms with Crippen molar-refractivity contribution in [2.24, 2.45) is 0 Å². The number of aliphatic hydroxyl groups is 2. The second kappa shape index (κ2) is 12.3. The quantitative estimate of drug-likeness (QED) is 0.195. The fourth-order valence-electron chi connectivity index (χ4n) is 5.17. The molecule has 3 aromatic rings. The topological polar surface area (TPSA) is 204 Å². The van der Waals surface area contributed by atoms with E-state index < -0.39 is 50.3 Å². The van der Waals surface area contributed by atoms with Crippen molar-refractivity contribution in [2.45, 2.75) is 75.1 Å². The first-order valence-electron chi connectivity index (χ1n) is 13.7. The number of ether oxygens (including phenoxy) is 2. The van der Waals surface area contributed by atoms with E-state index in [9.17, 15) is 24.8 Å². The first-order chi connectivity index (χ1) is 20.2. The second-order valence-corrected chi connectivity index (χ2v) is 12.0. The number of nitrogens with zero attached hydrogens (tertiary/aromatic N) is 4. The Kier molecular flexibility index (Phi) is 8.79. The number of fused-ring (bicyclic) bond motifs is 1. The molecule has 14 nitrogen and oxygen atoms in total. The number of hydrogen-bond acceptors (Lipinski definition) is 12. The number of carbonyl (C=O) groups is 1. The van der Waals surface area contributed by atoms with Crippen LogP contribution >= 0.6 is 7.75 Å². The maximum atomic E-state index is 13.9. The fourth-order valence-corrected chi connectivity index (χ4v) is 6.67. The number of nitrogen functional groups attached to an aromatic ring is 1. The zero-order valence-corrected chi connectivity index (χ0v) is 23.8. The SMILES string of the molecule is C[C@H](NP(=O)(OCC1O[C@@](C#N)(c2ccc3c(N)ncnn23)[C@H](O)[C@@H]1O)Oc1ccccc1)C(=O)OC1CCCCC1. The normalized spacial score (nSPS) is 26.8. The van der Waals surface area contributed by atoms with E-state index in [1.165, 1.54) is 23.8 Å². The smallest absolute Gasteiger partial charge is 0.459 e. The third-order valence-electron chi connectivity index (χ3n) is 7.40. The van der Waals surface area contributed by atoms with Crippen LogP contribution in [0.15, 0.2) is 48.8 Å². The van der Waals surface area contributed by atoms with Gasteiger partial charge in [0.1, 0.15) is 54.1 Å². The Bertz CT molecular complexity index is 1490. The van der Waals surface area contributed by atoms with E-state index in [1.807, 2.05) is 6.07 Å². The van der Waals surface area contributed by atoms with Gasteiger partial charge in [-0.3, -0.25) is 9.32 Å². The molecule has 5 rings (SSSR count). The van der Waals surface area contributed by atoms with Crippen molar-refractivity contribution in [1.29, 1.82) is 5.26 Å². The highest BCUT2D eigenvalue weighted by atomic mass is 31.2.